The SMILES string of the molecule is NS(=O)(=O)c1cc(C(F)F)c(Br)nc1I. The highest BCUT2D eigenvalue weighted by molar-refractivity contribution is 14.1. The lowest BCUT2D eigenvalue weighted by Gasteiger charge is -2.06. The zero-order chi connectivity index (χ0) is 11.8. The molecule has 0 spiro atoms. The molecular weight excluding hydrogens is 409 g/mol. The van der Waals surface area contributed by atoms with Crippen LogP contribution in [0.5, 0.6) is 0 Å². The molecule has 0 saturated carbocycles. The monoisotopic (exact) mass is 412 g/mol. The number of nitrogens with zero attached hydrogens (tertiary/aromatic N) is 1. The first kappa shape index (κ1) is 13.2. The molecule has 0 unspecified atom stereocenters. The molecule has 4 nitrogen and oxygen atoms in total. The highest BCUT2D eigenvalue weighted by Crippen LogP contribution is 2.29. The first-order chi connectivity index (χ1) is 6.73. The van der Waals surface area contributed by atoms with E-state index in [1.165, 1.54) is 0 Å². The Balaban J connectivity index is 3.50. The molecule has 1 aromatic heterocycles. The fourth-order valence-electron chi connectivity index (χ4n) is 0.819. The number of pyridine rings is 1. The molecule has 0 aromatic carbocycles. The number of sulfonamides is 1. The van der Waals surface area contributed by atoms with Gasteiger partial charge in [0.25, 0.3) is 6.43 Å². The van der Waals surface area contributed by atoms with Crippen molar-refractivity contribution in [3.63, 3.8) is 0 Å². The second-order valence-corrected chi connectivity index (χ2v) is 5.81. The largest absolute Gasteiger partial charge is 0.266 e. The van der Waals surface area contributed by atoms with Crippen molar-refractivity contribution in [3.05, 3.63) is 19.9 Å². The van der Waals surface area contributed by atoms with E-state index in [1.54, 1.807) is 22.6 Å². The van der Waals surface area contributed by atoms with Crippen molar-refractivity contribution >= 4 is 48.5 Å². The summed E-state index contributed by atoms with van der Waals surface area (Å²) in [7, 11) is -4.03. The van der Waals surface area contributed by atoms with Crippen molar-refractivity contribution in [2.45, 2.75) is 11.3 Å². The van der Waals surface area contributed by atoms with E-state index >= 15 is 0 Å². The Labute approximate surface area is 107 Å². The first-order valence-electron chi connectivity index (χ1n) is 3.40. The van der Waals surface area contributed by atoms with Gasteiger partial charge in [0.2, 0.25) is 10.0 Å². The lowest BCUT2D eigenvalue weighted by atomic mass is 10.3. The molecule has 15 heavy (non-hydrogen) atoms. The fraction of sp³-hybridized carbons (Fsp3) is 0.167. The molecule has 0 radical (unpaired) electrons. The number of primary sulfonamides is 1. The molecule has 1 rings (SSSR count). The molecule has 0 fully saturated rings. The standard InChI is InChI=1S/C6H4BrF2IN2O2S/c7-4-2(5(8)9)1-3(6(10)12-4)15(11,13)14/h1,5H,(H2,11,13,14). The lowest BCUT2D eigenvalue weighted by molar-refractivity contribution is 0.149. The zero-order valence-electron chi connectivity index (χ0n) is 6.92. The lowest BCUT2D eigenvalue weighted by Crippen LogP contribution is -2.15. The Hall–Kier alpha value is 0.130. The molecule has 1 aromatic rings. The third-order valence-corrected chi connectivity index (χ3v) is 4.21. The molecule has 1 heterocycles. The summed E-state index contributed by atoms with van der Waals surface area (Å²) in [4.78, 5) is 3.22. The number of rotatable bonds is 2. The molecule has 84 valence electrons. The van der Waals surface area contributed by atoms with Crippen molar-refractivity contribution in [2.75, 3.05) is 0 Å². The van der Waals surface area contributed by atoms with E-state index < -0.39 is 26.9 Å². The normalized spacial score (nSPS) is 12.1. The predicted molar refractivity (Wildman–Crippen MR) is 61.0 cm³/mol. The number of hydrogen-bond acceptors (Lipinski definition) is 3. The number of nitrogens with two attached hydrogens (primary N) is 1. The average Bonchev–Trinajstić information content (AvgIpc) is 2.00. The summed E-state index contributed by atoms with van der Waals surface area (Å²) in [5.41, 5.74) is -0.501. The van der Waals surface area contributed by atoms with Crippen LogP contribution in [0.25, 0.3) is 0 Å². The van der Waals surface area contributed by atoms with Gasteiger partial charge in [-0.15, -0.1) is 0 Å². The van der Waals surface area contributed by atoms with Crippen LogP contribution in [0.3, 0.4) is 0 Å². The number of hydrogen-bond donors (Lipinski definition) is 1. The summed E-state index contributed by atoms with van der Waals surface area (Å²) in [5, 5.41) is 4.84. The minimum absolute atomic E-state index is 0.0476. The van der Waals surface area contributed by atoms with E-state index in [9.17, 15) is 17.2 Å². The minimum Gasteiger partial charge on any atom is -0.233 e. The highest BCUT2D eigenvalue weighted by Gasteiger charge is 2.21. The topological polar surface area (TPSA) is 73.1 Å². The zero-order valence-corrected chi connectivity index (χ0v) is 11.5. The fourth-order valence-corrected chi connectivity index (χ4v) is 3.50. The molecular formula is C6H4BrF2IN2O2S. The highest BCUT2D eigenvalue weighted by atomic mass is 127. The summed E-state index contributed by atoms with van der Waals surface area (Å²) < 4.78 is 46.8. The molecule has 0 atom stereocenters. The Morgan fingerprint density at radius 1 is 1.53 bits per heavy atom. The molecule has 0 saturated heterocycles. The van der Waals surface area contributed by atoms with Gasteiger partial charge in [-0.1, -0.05) is 0 Å². The van der Waals surface area contributed by atoms with Crippen LogP contribution in [-0.4, -0.2) is 13.4 Å². The summed E-state index contributed by atoms with van der Waals surface area (Å²) in [6, 6.07) is 0.818. The van der Waals surface area contributed by atoms with Gasteiger partial charge in [-0.05, 0) is 44.6 Å². The van der Waals surface area contributed by atoms with Crippen LogP contribution in [0.1, 0.15) is 12.0 Å². The Kier molecular flexibility index (Phi) is 4.01. The second kappa shape index (κ2) is 4.55. The van der Waals surface area contributed by atoms with Crippen molar-refractivity contribution < 1.29 is 17.2 Å². The summed E-state index contributed by atoms with van der Waals surface area (Å²) in [6.45, 7) is 0. The summed E-state index contributed by atoms with van der Waals surface area (Å²) in [6.07, 6.45) is -2.82. The van der Waals surface area contributed by atoms with Crippen LogP contribution in [0.2, 0.25) is 0 Å². The first-order valence-corrected chi connectivity index (χ1v) is 6.82. The van der Waals surface area contributed by atoms with Gasteiger partial charge in [0, 0.05) is 0 Å². The van der Waals surface area contributed by atoms with Gasteiger partial charge in [-0.2, -0.15) is 0 Å². The van der Waals surface area contributed by atoms with Gasteiger partial charge < -0.3 is 0 Å². The number of alkyl halides is 2. The number of aromatic nitrogens is 1. The second-order valence-electron chi connectivity index (χ2n) is 2.50. The van der Waals surface area contributed by atoms with Crippen molar-refractivity contribution in [3.8, 4) is 0 Å². The summed E-state index contributed by atoms with van der Waals surface area (Å²) >= 11 is 4.42. The van der Waals surface area contributed by atoms with Crippen molar-refractivity contribution in [1.29, 1.82) is 0 Å². The van der Waals surface area contributed by atoms with E-state index in [-0.39, 0.29) is 8.30 Å². The van der Waals surface area contributed by atoms with E-state index in [0.29, 0.717) is 0 Å². The minimum atomic E-state index is -4.03. The van der Waals surface area contributed by atoms with Crippen LogP contribution in [-0.2, 0) is 10.0 Å². The van der Waals surface area contributed by atoms with Gasteiger partial charge in [-0.25, -0.2) is 27.3 Å². The van der Waals surface area contributed by atoms with Crippen LogP contribution >= 0.6 is 38.5 Å². The molecule has 2 N–H and O–H groups in total. The molecule has 0 aliphatic carbocycles. The smallest absolute Gasteiger partial charge is 0.233 e. The van der Waals surface area contributed by atoms with Crippen LogP contribution < -0.4 is 5.14 Å². The Morgan fingerprint density at radius 3 is 2.47 bits per heavy atom. The van der Waals surface area contributed by atoms with Crippen molar-refractivity contribution in [1.82, 2.24) is 4.98 Å². The van der Waals surface area contributed by atoms with Crippen LogP contribution in [0.4, 0.5) is 8.78 Å². The van der Waals surface area contributed by atoms with Crippen molar-refractivity contribution in [2.24, 2.45) is 5.14 Å². The van der Waals surface area contributed by atoms with Gasteiger partial charge in [0.1, 0.15) is 13.2 Å². The maximum atomic E-state index is 12.4. The Morgan fingerprint density at radius 2 is 2.07 bits per heavy atom. The van der Waals surface area contributed by atoms with E-state index in [2.05, 4.69) is 20.9 Å². The van der Waals surface area contributed by atoms with Crippen LogP contribution in [0, 0.1) is 3.70 Å². The van der Waals surface area contributed by atoms with Gasteiger partial charge in [0.15, 0.2) is 0 Å². The molecule has 0 bridgehead atoms. The van der Waals surface area contributed by atoms with Gasteiger partial charge in [-0.3, -0.25) is 0 Å². The van der Waals surface area contributed by atoms with Gasteiger partial charge >= 0.3 is 0 Å². The predicted octanol–water partition coefficient (Wildman–Crippen LogP) is 2.03. The molecule has 0 aliphatic rings. The maximum Gasteiger partial charge on any atom is 0.266 e. The third-order valence-electron chi connectivity index (χ3n) is 1.47. The van der Waals surface area contributed by atoms with Gasteiger partial charge in [0.05, 0.1) is 5.56 Å². The van der Waals surface area contributed by atoms with Crippen LogP contribution in [0.15, 0.2) is 15.6 Å². The van der Waals surface area contributed by atoms with E-state index in [1.807, 2.05) is 0 Å². The van der Waals surface area contributed by atoms with E-state index in [0.717, 1.165) is 6.07 Å². The summed E-state index contributed by atoms with van der Waals surface area (Å²) in [5.74, 6) is 0. The quantitative estimate of drug-likeness (QED) is 0.596. The molecule has 0 aliphatic heterocycles. The third kappa shape index (κ3) is 3.04. The number of halogens is 4. The average molecular weight is 413 g/mol. The Bertz CT molecular complexity index is 494. The van der Waals surface area contributed by atoms with E-state index in [4.69, 9.17) is 5.14 Å². The molecule has 0 amide bonds. The maximum absolute atomic E-state index is 12.4. The molecule has 9 heteroatoms.